The molecule has 168 valence electrons. The van der Waals surface area contributed by atoms with Crippen LogP contribution in [0.25, 0.3) is 0 Å². The van der Waals surface area contributed by atoms with Crippen molar-refractivity contribution in [3.05, 3.63) is 81.3 Å². The Labute approximate surface area is 189 Å². The molecule has 0 saturated carbocycles. The molecule has 10 nitrogen and oxygen atoms in total. The number of nitrogens with one attached hydrogen (secondary N) is 1. The number of non-ortho nitro benzene ring substituents is 1. The third kappa shape index (κ3) is 3.49. The van der Waals surface area contributed by atoms with E-state index in [0.717, 1.165) is 16.8 Å². The van der Waals surface area contributed by atoms with Gasteiger partial charge in [-0.3, -0.25) is 14.9 Å². The Hall–Kier alpha value is -4.21. The first kappa shape index (κ1) is 20.7. The Morgan fingerprint density at radius 3 is 2.48 bits per heavy atom. The Bertz CT molecular complexity index is 1280. The summed E-state index contributed by atoms with van der Waals surface area (Å²) in [4.78, 5) is 28.4. The van der Waals surface area contributed by atoms with E-state index in [2.05, 4.69) is 15.4 Å². The molecule has 1 aliphatic carbocycles. The maximum Gasteiger partial charge on any atom is 0.269 e. The van der Waals surface area contributed by atoms with E-state index in [-0.39, 0.29) is 17.4 Å². The fourth-order valence-electron chi connectivity index (χ4n) is 4.58. The van der Waals surface area contributed by atoms with Gasteiger partial charge in [-0.15, -0.1) is 0 Å². The fourth-order valence-corrected chi connectivity index (χ4v) is 4.58. The van der Waals surface area contributed by atoms with Gasteiger partial charge in [0.15, 0.2) is 17.3 Å². The van der Waals surface area contributed by atoms with Gasteiger partial charge in [-0.1, -0.05) is 6.07 Å². The first-order chi connectivity index (χ1) is 16.0. The summed E-state index contributed by atoms with van der Waals surface area (Å²) in [6.07, 6.45) is 2.35. The number of carbonyl (C=O) groups is 1. The molecule has 0 spiro atoms. The molecule has 0 amide bonds. The number of nitrogens with zero attached hydrogens (tertiary/aromatic N) is 4. The van der Waals surface area contributed by atoms with E-state index in [1.54, 1.807) is 31.0 Å². The van der Waals surface area contributed by atoms with Gasteiger partial charge in [0.05, 0.1) is 19.1 Å². The van der Waals surface area contributed by atoms with E-state index in [0.29, 0.717) is 35.9 Å². The van der Waals surface area contributed by atoms with Gasteiger partial charge < -0.3 is 14.8 Å². The molecule has 0 unspecified atom stereocenters. The number of anilines is 1. The summed E-state index contributed by atoms with van der Waals surface area (Å²) in [7, 11) is 3.16. The number of hydrogen-bond acceptors (Lipinski definition) is 8. The number of hydrogen-bond donors (Lipinski definition) is 1. The van der Waals surface area contributed by atoms with Gasteiger partial charge in [-0.25, -0.2) is 4.68 Å². The molecule has 33 heavy (non-hydrogen) atoms. The highest BCUT2D eigenvalue weighted by Crippen LogP contribution is 2.45. The number of aromatic nitrogens is 3. The second kappa shape index (κ2) is 8.05. The molecule has 0 fully saturated rings. The van der Waals surface area contributed by atoms with E-state index in [9.17, 15) is 14.9 Å². The van der Waals surface area contributed by atoms with Crippen molar-refractivity contribution in [3.8, 4) is 11.5 Å². The topological polar surface area (TPSA) is 121 Å². The molecular formula is C23H21N5O5. The van der Waals surface area contributed by atoms with Gasteiger partial charge in [0.1, 0.15) is 12.4 Å². The van der Waals surface area contributed by atoms with Crippen LogP contribution in [0.2, 0.25) is 0 Å². The van der Waals surface area contributed by atoms with Crippen molar-refractivity contribution in [2.75, 3.05) is 19.5 Å². The van der Waals surface area contributed by atoms with Crippen LogP contribution in [0.3, 0.4) is 0 Å². The Balaban J connectivity index is 1.54. The lowest BCUT2D eigenvalue weighted by molar-refractivity contribution is -0.384. The molecule has 0 bridgehead atoms. The zero-order valence-corrected chi connectivity index (χ0v) is 18.0. The van der Waals surface area contributed by atoms with Crippen LogP contribution >= 0.6 is 0 Å². The molecular weight excluding hydrogens is 426 g/mol. The van der Waals surface area contributed by atoms with Crippen molar-refractivity contribution in [1.29, 1.82) is 0 Å². The minimum absolute atomic E-state index is 0.00645. The number of benzene rings is 2. The number of nitro benzene ring substituents is 1. The smallest absolute Gasteiger partial charge is 0.269 e. The summed E-state index contributed by atoms with van der Waals surface area (Å²) < 4.78 is 12.4. The van der Waals surface area contributed by atoms with E-state index in [1.165, 1.54) is 18.5 Å². The minimum Gasteiger partial charge on any atom is -0.493 e. The fraction of sp³-hybridized carbons (Fsp3) is 0.261. The number of carbonyl (C=O) groups excluding carboxylic acids is 1. The molecule has 1 aliphatic heterocycles. The zero-order chi connectivity index (χ0) is 23.1. The number of ether oxygens (including phenoxy) is 2. The first-order valence-corrected chi connectivity index (χ1v) is 10.4. The zero-order valence-electron chi connectivity index (χ0n) is 18.0. The average molecular weight is 447 g/mol. The van der Waals surface area contributed by atoms with Crippen LogP contribution in [0.1, 0.15) is 35.9 Å². The van der Waals surface area contributed by atoms with Crippen LogP contribution in [0, 0.1) is 10.1 Å². The Kier molecular flexibility index (Phi) is 5.04. The molecule has 1 aromatic heterocycles. The molecule has 2 aliphatic rings. The standard InChI is InChI=1S/C23H21N5O5/c1-32-19-8-5-14(11-20(19)33-2)15-9-17-21(18(29)10-15)22(27-23(26-17)24-12-25-27)13-3-6-16(7-4-13)28(30)31/h3-8,11-12,15,22H,9-10H2,1-2H3,(H,24,25,26)/t15-,22-/m0/s1. The van der Waals surface area contributed by atoms with Crippen LogP contribution < -0.4 is 14.8 Å². The largest absolute Gasteiger partial charge is 0.493 e. The highest BCUT2D eigenvalue weighted by molar-refractivity contribution is 6.00. The summed E-state index contributed by atoms with van der Waals surface area (Å²) >= 11 is 0. The van der Waals surface area contributed by atoms with Crippen molar-refractivity contribution >= 4 is 17.4 Å². The summed E-state index contributed by atoms with van der Waals surface area (Å²) in [5.74, 6) is 1.72. The first-order valence-electron chi connectivity index (χ1n) is 10.4. The Morgan fingerprint density at radius 2 is 1.79 bits per heavy atom. The van der Waals surface area contributed by atoms with Gasteiger partial charge >= 0.3 is 0 Å². The summed E-state index contributed by atoms with van der Waals surface area (Å²) in [6.45, 7) is 0. The lowest BCUT2D eigenvalue weighted by atomic mass is 9.78. The highest BCUT2D eigenvalue weighted by atomic mass is 16.6. The van der Waals surface area contributed by atoms with Gasteiger partial charge in [0, 0.05) is 29.8 Å². The second-order valence-electron chi connectivity index (χ2n) is 7.94. The maximum atomic E-state index is 13.5. The lowest BCUT2D eigenvalue weighted by Crippen LogP contribution is -2.33. The summed E-state index contributed by atoms with van der Waals surface area (Å²) in [5.41, 5.74) is 3.10. The predicted octanol–water partition coefficient (Wildman–Crippen LogP) is 3.62. The summed E-state index contributed by atoms with van der Waals surface area (Å²) in [5, 5.41) is 18.7. The van der Waals surface area contributed by atoms with Gasteiger partial charge in [0.2, 0.25) is 5.95 Å². The predicted molar refractivity (Wildman–Crippen MR) is 118 cm³/mol. The normalized spacial score (nSPS) is 19.4. The molecule has 5 rings (SSSR count). The number of fused-ring (bicyclic) bond motifs is 1. The van der Waals surface area contributed by atoms with Gasteiger partial charge in [0.25, 0.3) is 5.69 Å². The van der Waals surface area contributed by atoms with Crippen molar-refractivity contribution < 1.29 is 19.2 Å². The number of rotatable bonds is 5. The van der Waals surface area contributed by atoms with Crippen LogP contribution in [-0.2, 0) is 4.79 Å². The van der Waals surface area contributed by atoms with Crippen molar-refractivity contribution in [3.63, 3.8) is 0 Å². The van der Waals surface area contributed by atoms with E-state index < -0.39 is 11.0 Å². The number of ketones is 1. The third-order valence-corrected chi connectivity index (χ3v) is 6.16. The van der Waals surface area contributed by atoms with E-state index in [4.69, 9.17) is 9.47 Å². The van der Waals surface area contributed by atoms with Crippen LogP contribution in [0.4, 0.5) is 11.6 Å². The van der Waals surface area contributed by atoms with Gasteiger partial charge in [-0.2, -0.15) is 10.1 Å². The molecule has 10 heteroatoms. The SMILES string of the molecule is COc1ccc([C@@H]2CC(=O)C3=C(C2)Nc2ncnn2[C@H]3c2ccc([N+](=O)[O-])cc2)cc1OC. The average Bonchev–Trinajstić information content (AvgIpc) is 3.30. The van der Waals surface area contributed by atoms with E-state index in [1.807, 2.05) is 18.2 Å². The van der Waals surface area contributed by atoms with Gasteiger partial charge in [-0.05, 0) is 47.7 Å². The quantitative estimate of drug-likeness (QED) is 0.465. The van der Waals surface area contributed by atoms with Crippen molar-refractivity contribution in [2.45, 2.75) is 24.8 Å². The Morgan fingerprint density at radius 1 is 1.06 bits per heavy atom. The highest BCUT2D eigenvalue weighted by Gasteiger charge is 2.39. The van der Waals surface area contributed by atoms with Crippen molar-refractivity contribution in [1.82, 2.24) is 14.8 Å². The number of methoxy groups -OCH3 is 2. The molecule has 3 aromatic rings. The number of Topliss-reactive ketones (excluding diaryl/α,β-unsaturated/α-hetero) is 1. The molecule has 2 aromatic carbocycles. The minimum atomic E-state index is -0.501. The number of nitro groups is 1. The maximum absolute atomic E-state index is 13.5. The second-order valence-corrected chi connectivity index (χ2v) is 7.94. The number of allylic oxidation sites excluding steroid dienone is 2. The molecule has 1 N–H and O–H groups in total. The third-order valence-electron chi connectivity index (χ3n) is 6.16. The summed E-state index contributed by atoms with van der Waals surface area (Å²) in [6, 6.07) is 11.4. The van der Waals surface area contributed by atoms with Crippen LogP contribution in [0.5, 0.6) is 11.5 Å². The molecule has 2 heterocycles. The molecule has 0 radical (unpaired) electrons. The van der Waals surface area contributed by atoms with Crippen molar-refractivity contribution in [2.24, 2.45) is 0 Å². The monoisotopic (exact) mass is 447 g/mol. The lowest BCUT2D eigenvalue weighted by Gasteiger charge is -2.35. The van der Waals surface area contributed by atoms with E-state index >= 15 is 0 Å². The molecule has 0 saturated heterocycles. The van der Waals surface area contributed by atoms with Crippen LogP contribution in [0.15, 0.2) is 60.1 Å². The van der Waals surface area contributed by atoms with Crippen LogP contribution in [-0.4, -0.2) is 39.7 Å². The molecule has 2 atom stereocenters.